The Kier molecular flexibility index (Phi) is 6.72. The lowest BCUT2D eigenvalue weighted by molar-refractivity contribution is 0.745. The van der Waals surface area contributed by atoms with Crippen molar-refractivity contribution in [2.75, 3.05) is 4.90 Å². The van der Waals surface area contributed by atoms with Crippen molar-refractivity contribution in [3.8, 4) is 28.3 Å². The lowest BCUT2D eigenvalue weighted by atomic mass is 9.91. The van der Waals surface area contributed by atoms with Gasteiger partial charge in [0.25, 0.3) is 0 Å². The van der Waals surface area contributed by atoms with Gasteiger partial charge in [-0.05, 0) is 80.7 Å². The van der Waals surface area contributed by atoms with Crippen LogP contribution in [-0.2, 0) is 0 Å². The second-order valence-corrected chi connectivity index (χ2v) is 14.9. The Morgan fingerprint density at radius 2 is 1.20 bits per heavy atom. The Balaban J connectivity index is 1.10. The number of fused-ring (bicyclic) bond motifs is 10. The maximum absolute atomic E-state index is 5.50. The van der Waals surface area contributed by atoms with Gasteiger partial charge in [-0.1, -0.05) is 152 Å². The summed E-state index contributed by atoms with van der Waals surface area (Å²) in [4.78, 5) is 13.3. The number of hydrogen-bond donors (Lipinski definition) is 0. The van der Waals surface area contributed by atoms with Crippen molar-refractivity contribution in [3.63, 3.8) is 0 Å². The zero-order valence-electron chi connectivity index (χ0n) is 30.4. The van der Waals surface area contributed by atoms with Crippen molar-refractivity contribution in [1.82, 2.24) is 14.5 Å². The van der Waals surface area contributed by atoms with E-state index in [9.17, 15) is 0 Å². The molecule has 4 nitrogen and oxygen atoms in total. The lowest BCUT2D eigenvalue weighted by Gasteiger charge is -2.28. The number of benzene rings is 8. The van der Waals surface area contributed by atoms with E-state index < -0.39 is 0 Å². The van der Waals surface area contributed by atoms with Crippen LogP contribution in [0.3, 0.4) is 0 Å². The molecule has 0 amide bonds. The minimum absolute atomic E-state index is 0.218. The van der Waals surface area contributed by atoms with Gasteiger partial charge in [0.1, 0.15) is 0 Å². The fraction of sp³-hybridized carbons (Fsp3) is 0.0385. The van der Waals surface area contributed by atoms with E-state index in [-0.39, 0.29) is 6.04 Å². The lowest BCUT2D eigenvalue weighted by Crippen LogP contribution is -2.28. The van der Waals surface area contributed by atoms with E-state index in [0.29, 0.717) is 11.9 Å². The standard InChI is InChI=1S/C52H34N4/c1-3-18-38-33(13-1)15-12-23-39(38)35-16-11-17-36(31-35)51-43-22-5-8-24-45(43)53-52(54-51)56-48-30-28-37(32-44(48)50-40-19-4-2-14-34(40)27-29-49(50)56)55-46-25-9-6-20-41(46)42-21-7-10-26-47(42)55/h1-32,41,46H. The summed E-state index contributed by atoms with van der Waals surface area (Å²) in [5, 5.41) is 8.31. The highest BCUT2D eigenvalue weighted by Crippen LogP contribution is 2.49. The SMILES string of the molecule is C1=CC2c3ccccc3N(c3ccc4c(c3)c3c5ccccc5ccc3n4-c3nc(-c4cccc(-c5cccc6ccccc56)c4)c4ccccc4n3)C2C=C1. The van der Waals surface area contributed by atoms with Crippen LogP contribution < -0.4 is 4.90 Å². The molecule has 2 atom stereocenters. The summed E-state index contributed by atoms with van der Waals surface area (Å²) < 4.78 is 2.27. The second-order valence-electron chi connectivity index (χ2n) is 14.9. The Hall–Kier alpha value is -7.30. The number of hydrogen-bond acceptors (Lipinski definition) is 3. The number of aromatic nitrogens is 3. The van der Waals surface area contributed by atoms with Crippen molar-refractivity contribution in [2.24, 2.45) is 0 Å². The summed E-state index contributed by atoms with van der Waals surface area (Å²) in [6, 6.07) is 61.5. The number of rotatable bonds is 4. The predicted octanol–water partition coefficient (Wildman–Crippen LogP) is 13.1. The second kappa shape index (κ2) is 12.1. The Bertz CT molecular complexity index is 3290. The van der Waals surface area contributed by atoms with Crippen LogP contribution in [0.1, 0.15) is 11.5 Å². The van der Waals surface area contributed by atoms with E-state index in [2.05, 4.69) is 204 Å². The van der Waals surface area contributed by atoms with E-state index in [0.717, 1.165) is 38.8 Å². The summed E-state index contributed by atoms with van der Waals surface area (Å²) in [6.07, 6.45) is 9.05. The molecule has 12 rings (SSSR count). The molecule has 0 fully saturated rings. The topological polar surface area (TPSA) is 34.0 Å². The maximum Gasteiger partial charge on any atom is 0.235 e. The first-order valence-corrected chi connectivity index (χ1v) is 19.3. The van der Waals surface area contributed by atoms with Gasteiger partial charge in [-0.2, -0.15) is 0 Å². The average molecular weight is 715 g/mol. The number of nitrogens with zero attached hydrogens (tertiary/aromatic N) is 4. The first kappa shape index (κ1) is 31.1. The van der Waals surface area contributed by atoms with Gasteiger partial charge in [0.15, 0.2) is 0 Å². The smallest absolute Gasteiger partial charge is 0.235 e. The molecule has 0 saturated heterocycles. The quantitative estimate of drug-likeness (QED) is 0.182. The van der Waals surface area contributed by atoms with Crippen LogP contribution in [0.25, 0.3) is 82.6 Å². The molecular formula is C52H34N4. The van der Waals surface area contributed by atoms with Crippen LogP contribution in [0.2, 0.25) is 0 Å². The first-order chi connectivity index (χ1) is 27.8. The molecule has 3 heterocycles. The van der Waals surface area contributed by atoms with E-state index in [1.165, 1.54) is 54.8 Å². The highest BCUT2D eigenvalue weighted by molar-refractivity contribution is 6.22. The van der Waals surface area contributed by atoms with Gasteiger partial charge in [-0.3, -0.25) is 4.57 Å². The molecule has 0 spiro atoms. The molecule has 2 aliphatic rings. The van der Waals surface area contributed by atoms with E-state index in [1.807, 2.05) is 0 Å². The number of para-hydroxylation sites is 2. The first-order valence-electron chi connectivity index (χ1n) is 19.3. The molecule has 262 valence electrons. The van der Waals surface area contributed by atoms with E-state index in [1.54, 1.807) is 0 Å². The normalized spacial score (nSPS) is 16.0. The third-order valence-corrected chi connectivity index (χ3v) is 11.9. The van der Waals surface area contributed by atoms with Gasteiger partial charge in [0.05, 0.1) is 28.3 Å². The van der Waals surface area contributed by atoms with Crippen molar-refractivity contribution >= 4 is 65.6 Å². The van der Waals surface area contributed by atoms with Crippen molar-refractivity contribution in [3.05, 3.63) is 200 Å². The van der Waals surface area contributed by atoms with Crippen LogP contribution in [0.4, 0.5) is 11.4 Å². The summed E-state index contributed by atoms with van der Waals surface area (Å²) >= 11 is 0. The summed E-state index contributed by atoms with van der Waals surface area (Å²) in [6.45, 7) is 0. The molecule has 0 N–H and O–H groups in total. The van der Waals surface area contributed by atoms with Gasteiger partial charge in [0.2, 0.25) is 5.95 Å². The molecule has 1 aliphatic heterocycles. The van der Waals surface area contributed by atoms with Crippen molar-refractivity contribution in [1.29, 1.82) is 0 Å². The summed E-state index contributed by atoms with van der Waals surface area (Å²) in [7, 11) is 0. The van der Waals surface area contributed by atoms with Gasteiger partial charge >= 0.3 is 0 Å². The van der Waals surface area contributed by atoms with Gasteiger partial charge in [-0.15, -0.1) is 0 Å². The molecule has 2 aromatic heterocycles. The molecule has 8 aromatic carbocycles. The molecule has 0 radical (unpaired) electrons. The zero-order chi connectivity index (χ0) is 36.7. The Labute approximate surface area is 323 Å². The summed E-state index contributed by atoms with van der Waals surface area (Å²) in [5.41, 5.74) is 11.2. The fourth-order valence-corrected chi connectivity index (χ4v) is 9.43. The molecular weight excluding hydrogens is 681 g/mol. The number of anilines is 2. The summed E-state index contributed by atoms with van der Waals surface area (Å²) in [5.74, 6) is 0.974. The minimum Gasteiger partial charge on any atom is -0.333 e. The van der Waals surface area contributed by atoms with Crippen LogP contribution >= 0.6 is 0 Å². The van der Waals surface area contributed by atoms with E-state index >= 15 is 0 Å². The minimum atomic E-state index is 0.218. The van der Waals surface area contributed by atoms with Gasteiger partial charge in [-0.25, -0.2) is 9.97 Å². The maximum atomic E-state index is 5.50. The van der Waals surface area contributed by atoms with Crippen molar-refractivity contribution < 1.29 is 0 Å². The van der Waals surface area contributed by atoms with Gasteiger partial charge in [0, 0.05) is 39.0 Å². The monoisotopic (exact) mass is 714 g/mol. The average Bonchev–Trinajstić information content (AvgIpc) is 3.79. The van der Waals surface area contributed by atoms with Crippen LogP contribution in [0, 0.1) is 0 Å². The molecule has 2 unspecified atom stereocenters. The number of allylic oxidation sites excluding steroid dienone is 2. The fourth-order valence-electron chi connectivity index (χ4n) is 9.43. The highest BCUT2D eigenvalue weighted by Gasteiger charge is 2.37. The molecule has 4 heteroatoms. The molecule has 56 heavy (non-hydrogen) atoms. The van der Waals surface area contributed by atoms with Crippen LogP contribution in [0.15, 0.2) is 194 Å². The van der Waals surface area contributed by atoms with Gasteiger partial charge < -0.3 is 4.90 Å². The molecule has 0 saturated carbocycles. The van der Waals surface area contributed by atoms with E-state index in [4.69, 9.17) is 9.97 Å². The van der Waals surface area contributed by atoms with Crippen LogP contribution in [-0.4, -0.2) is 20.6 Å². The molecule has 1 aliphatic carbocycles. The Morgan fingerprint density at radius 3 is 2.12 bits per heavy atom. The van der Waals surface area contributed by atoms with Crippen LogP contribution in [0.5, 0.6) is 0 Å². The highest BCUT2D eigenvalue weighted by atomic mass is 15.2. The zero-order valence-corrected chi connectivity index (χ0v) is 30.4. The van der Waals surface area contributed by atoms with Crippen molar-refractivity contribution in [2.45, 2.75) is 12.0 Å². The Morgan fingerprint density at radius 1 is 0.482 bits per heavy atom. The third kappa shape index (κ3) is 4.59. The largest absolute Gasteiger partial charge is 0.333 e. The molecule has 0 bridgehead atoms. The molecule has 10 aromatic rings. The third-order valence-electron chi connectivity index (χ3n) is 11.9. The predicted molar refractivity (Wildman–Crippen MR) is 233 cm³/mol.